The number of aromatic nitrogens is 4. The Labute approximate surface area is 177 Å². The van der Waals surface area contributed by atoms with E-state index in [1.54, 1.807) is 12.1 Å². The Bertz CT molecular complexity index is 1320. The van der Waals surface area contributed by atoms with Crippen molar-refractivity contribution in [2.75, 3.05) is 0 Å². The third-order valence-electron chi connectivity index (χ3n) is 4.69. The van der Waals surface area contributed by atoms with Crippen LogP contribution in [0.3, 0.4) is 0 Å². The van der Waals surface area contributed by atoms with Crippen molar-refractivity contribution >= 4 is 5.69 Å². The molecule has 4 aromatic rings. The van der Waals surface area contributed by atoms with Crippen LogP contribution >= 0.6 is 0 Å². The minimum Gasteiger partial charge on any atom is -0.438 e. The van der Waals surface area contributed by atoms with Crippen molar-refractivity contribution in [1.82, 2.24) is 19.7 Å². The molecule has 0 aliphatic heterocycles. The van der Waals surface area contributed by atoms with Crippen LogP contribution < -0.4 is 4.74 Å². The van der Waals surface area contributed by atoms with Gasteiger partial charge in [0.15, 0.2) is 5.82 Å². The minimum absolute atomic E-state index is 0.00178. The number of hydrogen-bond donors (Lipinski definition) is 0. The zero-order chi connectivity index (χ0) is 22.0. The molecule has 0 spiro atoms. The van der Waals surface area contributed by atoms with Gasteiger partial charge in [-0.25, -0.2) is 4.98 Å². The van der Waals surface area contributed by atoms with Gasteiger partial charge in [-0.1, -0.05) is 24.3 Å². The van der Waals surface area contributed by atoms with Crippen LogP contribution in [0.1, 0.15) is 17.0 Å². The fourth-order valence-electron chi connectivity index (χ4n) is 3.15. The topological polar surface area (TPSA) is 120 Å². The molecule has 0 N–H and O–H groups in total. The summed E-state index contributed by atoms with van der Waals surface area (Å²) in [5.41, 5.74) is 2.62. The second kappa shape index (κ2) is 8.04. The van der Waals surface area contributed by atoms with Crippen LogP contribution in [0.15, 0.2) is 60.8 Å². The molecule has 0 bridgehead atoms. The molecular weight excluding hydrogens is 396 g/mol. The maximum atomic E-state index is 10.9. The number of nitro groups is 1. The molecule has 2 aromatic heterocycles. The van der Waals surface area contributed by atoms with Crippen LogP contribution in [0.2, 0.25) is 0 Å². The molecule has 9 nitrogen and oxygen atoms in total. The van der Waals surface area contributed by atoms with E-state index in [-0.39, 0.29) is 17.1 Å². The highest BCUT2D eigenvalue weighted by atomic mass is 16.6. The molecule has 0 atom stereocenters. The summed E-state index contributed by atoms with van der Waals surface area (Å²) in [6, 6.07) is 18.1. The highest BCUT2D eigenvalue weighted by Crippen LogP contribution is 2.29. The van der Waals surface area contributed by atoms with E-state index in [0.717, 1.165) is 40.7 Å². The first-order chi connectivity index (χ1) is 15.0. The van der Waals surface area contributed by atoms with E-state index in [0.29, 0.717) is 5.75 Å². The van der Waals surface area contributed by atoms with Gasteiger partial charge < -0.3 is 4.74 Å². The molecule has 0 fully saturated rings. The number of rotatable bonds is 5. The molecule has 2 aromatic carbocycles. The van der Waals surface area contributed by atoms with Gasteiger partial charge in [0.2, 0.25) is 5.88 Å². The molecule has 0 unspecified atom stereocenters. The smallest absolute Gasteiger partial charge is 0.289 e. The van der Waals surface area contributed by atoms with Crippen molar-refractivity contribution in [3.63, 3.8) is 0 Å². The third kappa shape index (κ3) is 3.82. The van der Waals surface area contributed by atoms with E-state index in [1.807, 2.05) is 60.9 Å². The third-order valence-corrected chi connectivity index (χ3v) is 4.69. The van der Waals surface area contributed by atoms with Crippen molar-refractivity contribution in [3.8, 4) is 34.8 Å². The molecular formula is C22H16N6O3. The Kier molecular flexibility index (Phi) is 5.12. The summed E-state index contributed by atoms with van der Waals surface area (Å²) in [6.45, 7) is 3.89. The van der Waals surface area contributed by atoms with Crippen molar-refractivity contribution in [1.29, 1.82) is 5.26 Å². The predicted molar refractivity (Wildman–Crippen MR) is 112 cm³/mol. The molecule has 4 rings (SSSR count). The summed E-state index contributed by atoms with van der Waals surface area (Å²) in [4.78, 5) is 14.2. The maximum Gasteiger partial charge on any atom is 0.289 e. The Balaban J connectivity index is 1.65. The molecule has 0 radical (unpaired) electrons. The summed E-state index contributed by atoms with van der Waals surface area (Å²) >= 11 is 0. The van der Waals surface area contributed by atoms with E-state index >= 15 is 0 Å². The summed E-state index contributed by atoms with van der Waals surface area (Å²) < 4.78 is 7.62. The van der Waals surface area contributed by atoms with Crippen LogP contribution in [-0.2, 0) is 0 Å². The standard InChI is InChI=1S/C22H16N6O3/c1-14-5-3-4-6-20(14)21-26-25-15(2)27(21)17-7-9-19(10-8-17)31-22-16(12-23)11-18(13-24-22)28(29)30/h3-11,13H,1-2H3. The number of aryl methyl sites for hydroxylation is 2. The fraction of sp³-hybridized carbons (Fsp3) is 0.0909. The lowest BCUT2D eigenvalue weighted by Crippen LogP contribution is -2.01. The minimum atomic E-state index is -0.611. The molecule has 0 saturated heterocycles. The van der Waals surface area contributed by atoms with Crippen molar-refractivity contribution in [2.45, 2.75) is 13.8 Å². The molecule has 9 heteroatoms. The second-order valence-corrected chi connectivity index (χ2v) is 6.73. The molecule has 0 amide bonds. The highest BCUT2D eigenvalue weighted by molar-refractivity contribution is 5.63. The Hall–Kier alpha value is -4.58. The zero-order valence-corrected chi connectivity index (χ0v) is 16.7. The normalized spacial score (nSPS) is 10.5. The number of nitriles is 1. The van der Waals surface area contributed by atoms with E-state index in [9.17, 15) is 15.4 Å². The quantitative estimate of drug-likeness (QED) is 0.349. The van der Waals surface area contributed by atoms with E-state index in [1.165, 1.54) is 0 Å². The van der Waals surface area contributed by atoms with Crippen LogP contribution in [0.4, 0.5) is 5.69 Å². The number of pyridine rings is 1. The van der Waals surface area contributed by atoms with Gasteiger partial charge in [0.1, 0.15) is 29.4 Å². The van der Waals surface area contributed by atoms with Crippen molar-refractivity contribution in [3.05, 3.63) is 87.9 Å². The molecule has 0 aliphatic rings. The largest absolute Gasteiger partial charge is 0.438 e. The molecule has 31 heavy (non-hydrogen) atoms. The van der Waals surface area contributed by atoms with Gasteiger partial charge in [0.25, 0.3) is 5.69 Å². The summed E-state index contributed by atoms with van der Waals surface area (Å²) in [5, 5.41) is 28.7. The lowest BCUT2D eigenvalue weighted by molar-refractivity contribution is -0.385. The Morgan fingerprint density at radius 3 is 2.52 bits per heavy atom. The Morgan fingerprint density at radius 2 is 1.84 bits per heavy atom. The van der Waals surface area contributed by atoms with Gasteiger partial charge in [0.05, 0.1) is 4.92 Å². The maximum absolute atomic E-state index is 10.9. The van der Waals surface area contributed by atoms with E-state index in [2.05, 4.69) is 15.2 Å². The fourth-order valence-corrected chi connectivity index (χ4v) is 3.15. The lowest BCUT2D eigenvalue weighted by atomic mass is 10.1. The highest BCUT2D eigenvalue weighted by Gasteiger charge is 2.16. The van der Waals surface area contributed by atoms with Gasteiger partial charge in [0, 0.05) is 17.3 Å². The molecule has 0 aliphatic carbocycles. The first kappa shape index (κ1) is 19.7. The van der Waals surface area contributed by atoms with Crippen molar-refractivity contribution in [2.24, 2.45) is 0 Å². The second-order valence-electron chi connectivity index (χ2n) is 6.73. The average molecular weight is 412 g/mol. The number of ether oxygens (including phenoxy) is 1. The van der Waals surface area contributed by atoms with E-state index in [4.69, 9.17) is 4.74 Å². The molecule has 152 valence electrons. The average Bonchev–Trinajstić information content (AvgIpc) is 3.16. The van der Waals surface area contributed by atoms with Gasteiger partial charge in [-0.05, 0) is 43.7 Å². The summed E-state index contributed by atoms with van der Waals surface area (Å²) in [5.74, 6) is 1.90. The van der Waals surface area contributed by atoms with Crippen LogP contribution in [0.25, 0.3) is 17.1 Å². The van der Waals surface area contributed by atoms with E-state index < -0.39 is 4.92 Å². The first-order valence-electron chi connectivity index (χ1n) is 9.29. The predicted octanol–water partition coefficient (Wildman–Crippen LogP) is 4.52. The lowest BCUT2D eigenvalue weighted by Gasteiger charge is -2.12. The summed E-state index contributed by atoms with van der Waals surface area (Å²) in [6.07, 6.45) is 1.06. The first-order valence-corrected chi connectivity index (χ1v) is 9.29. The van der Waals surface area contributed by atoms with Crippen LogP contribution in [-0.4, -0.2) is 24.7 Å². The molecule has 0 saturated carbocycles. The monoisotopic (exact) mass is 412 g/mol. The van der Waals surface area contributed by atoms with Gasteiger partial charge >= 0.3 is 0 Å². The van der Waals surface area contributed by atoms with Crippen LogP contribution in [0, 0.1) is 35.3 Å². The number of hydrogen-bond acceptors (Lipinski definition) is 7. The van der Waals surface area contributed by atoms with Crippen molar-refractivity contribution < 1.29 is 9.66 Å². The molecule has 2 heterocycles. The SMILES string of the molecule is Cc1ccccc1-c1nnc(C)n1-c1ccc(Oc2ncc([N+](=O)[O-])cc2C#N)cc1. The summed E-state index contributed by atoms with van der Waals surface area (Å²) in [7, 11) is 0. The number of nitrogens with zero attached hydrogens (tertiary/aromatic N) is 6. The van der Waals surface area contributed by atoms with Gasteiger partial charge in [-0.3, -0.25) is 14.7 Å². The number of benzene rings is 2. The van der Waals surface area contributed by atoms with Gasteiger partial charge in [-0.2, -0.15) is 5.26 Å². The Morgan fingerprint density at radius 1 is 1.10 bits per heavy atom. The van der Waals surface area contributed by atoms with Crippen LogP contribution in [0.5, 0.6) is 11.6 Å². The zero-order valence-electron chi connectivity index (χ0n) is 16.7. The van der Waals surface area contributed by atoms with Gasteiger partial charge in [-0.15, -0.1) is 10.2 Å².